The van der Waals surface area contributed by atoms with Crippen LogP contribution in [0.5, 0.6) is 0 Å². The van der Waals surface area contributed by atoms with Crippen LogP contribution >= 0.6 is 11.6 Å². The van der Waals surface area contributed by atoms with Crippen LogP contribution in [0.4, 0.5) is 16.4 Å². The molecule has 1 aliphatic heterocycles. The lowest BCUT2D eigenvalue weighted by Crippen LogP contribution is -2.18. The number of halogens is 1. The number of amides is 1. The zero-order valence-electron chi connectivity index (χ0n) is 18.2. The van der Waals surface area contributed by atoms with Gasteiger partial charge < -0.3 is 15.4 Å². The molecule has 2 atom stereocenters. The number of carbonyl (C=O) groups is 1. The number of fused-ring (bicyclic) bond motifs is 4. The Morgan fingerprint density at radius 3 is 3.03 bits per heavy atom. The third-order valence-corrected chi connectivity index (χ3v) is 7.30. The number of hydrogen-bond acceptors (Lipinski definition) is 5. The summed E-state index contributed by atoms with van der Waals surface area (Å²) in [6, 6.07) is 12.7. The van der Waals surface area contributed by atoms with Crippen LogP contribution in [0.15, 0.2) is 42.6 Å². The van der Waals surface area contributed by atoms with Crippen molar-refractivity contribution in [2.75, 3.05) is 5.32 Å². The molecule has 6 nitrogen and oxygen atoms in total. The van der Waals surface area contributed by atoms with E-state index in [-0.39, 0.29) is 18.2 Å². The SMILES string of the molecule is O=C1NC2c3cc(Nc4ncc(Cl)c(CCCc5cccc6c5CCC6)n4)ccc3CC2O1. The first kappa shape index (κ1) is 20.5. The second kappa shape index (κ2) is 8.34. The molecule has 2 aliphatic carbocycles. The largest absolute Gasteiger partial charge is 0.443 e. The topological polar surface area (TPSA) is 76.1 Å². The van der Waals surface area contributed by atoms with Gasteiger partial charge in [-0.05, 0) is 78.5 Å². The monoisotopic (exact) mass is 460 g/mol. The maximum absolute atomic E-state index is 11.6. The molecule has 6 rings (SSSR count). The molecule has 0 radical (unpaired) electrons. The van der Waals surface area contributed by atoms with Crippen LogP contribution in [0.2, 0.25) is 5.02 Å². The number of ether oxygens (including phenoxy) is 1. The summed E-state index contributed by atoms with van der Waals surface area (Å²) in [7, 11) is 0. The van der Waals surface area contributed by atoms with Gasteiger partial charge in [0.1, 0.15) is 6.10 Å². The number of carbonyl (C=O) groups excluding carboxylic acids is 1. The Labute approximate surface area is 197 Å². The molecule has 0 saturated carbocycles. The fraction of sp³-hybridized carbons (Fsp3) is 0.346. The molecule has 0 spiro atoms. The molecule has 2 unspecified atom stereocenters. The standard InChI is InChI=1S/C26H25ClN4O2/c27-21-14-28-25(29-18-11-10-17-12-23-24(20(17)13-18)31-26(32)33-23)30-22(21)9-3-7-16-5-1-4-15-6-2-8-19(15)16/h1,4-5,10-11,13-14,23-24H,2-3,6-9,12H2,(H,31,32)(H,28,29,30). The summed E-state index contributed by atoms with van der Waals surface area (Å²) in [5, 5.41) is 6.79. The molecule has 1 saturated heterocycles. The average Bonchev–Trinajstić information content (AvgIpc) is 3.50. The second-order valence-corrected chi connectivity index (χ2v) is 9.47. The maximum Gasteiger partial charge on any atom is 0.408 e. The van der Waals surface area contributed by atoms with E-state index in [1.807, 2.05) is 12.1 Å². The van der Waals surface area contributed by atoms with Gasteiger partial charge in [-0.15, -0.1) is 0 Å². The van der Waals surface area contributed by atoms with Gasteiger partial charge in [0.25, 0.3) is 0 Å². The van der Waals surface area contributed by atoms with Gasteiger partial charge in [0.2, 0.25) is 5.95 Å². The quantitative estimate of drug-likeness (QED) is 0.526. The van der Waals surface area contributed by atoms with Crippen molar-refractivity contribution >= 4 is 29.3 Å². The Kier molecular flexibility index (Phi) is 5.18. The predicted octanol–water partition coefficient (Wildman–Crippen LogP) is 5.24. The van der Waals surface area contributed by atoms with E-state index in [2.05, 4.69) is 39.9 Å². The number of alkyl carbamates (subject to hydrolysis) is 1. The van der Waals surface area contributed by atoms with Crippen molar-refractivity contribution in [1.29, 1.82) is 0 Å². The molecule has 1 fully saturated rings. The number of aryl methyl sites for hydroxylation is 3. The van der Waals surface area contributed by atoms with Gasteiger partial charge in [0.05, 0.1) is 23.0 Å². The highest BCUT2D eigenvalue weighted by Crippen LogP contribution is 2.38. The van der Waals surface area contributed by atoms with Crippen LogP contribution in [0.25, 0.3) is 0 Å². The smallest absolute Gasteiger partial charge is 0.408 e. The fourth-order valence-corrected chi connectivity index (χ4v) is 5.59. The van der Waals surface area contributed by atoms with E-state index in [0.29, 0.717) is 11.0 Å². The number of anilines is 2. The van der Waals surface area contributed by atoms with Gasteiger partial charge in [0.15, 0.2) is 0 Å². The molecule has 2 aromatic carbocycles. The molecule has 2 N–H and O–H groups in total. The van der Waals surface area contributed by atoms with E-state index in [4.69, 9.17) is 21.3 Å². The van der Waals surface area contributed by atoms with Crippen molar-refractivity contribution in [1.82, 2.24) is 15.3 Å². The van der Waals surface area contributed by atoms with Crippen LogP contribution in [0, 0.1) is 0 Å². The van der Waals surface area contributed by atoms with Crippen LogP contribution in [-0.4, -0.2) is 22.2 Å². The van der Waals surface area contributed by atoms with Gasteiger partial charge in [-0.1, -0.05) is 35.9 Å². The second-order valence-electron chi connectivity index (χ2n) is 9.06. The van der Waals surface area contributed by atoms with Crippen LogP contribution < -0.4 is 10.6 Å². The normalized spacial score (nSPS) is 20.1. The highest BCUT2D eigenvalue weighted by molar-refractivity contribution is 6.31. The lowest BCUT2D eigenvalue weighted by Gasteiger charge is -2.12. The summed E-state index contributed by atoms with van der Waals surface area (Å²) in [6.45, 7) is 0. The molecule has 168 valence electrons. The van der Waals surface area contributed by atoms with Gasteiger partial charge in [0, 0.05) is 12.1 Å². The Morgan fingerprint density at radius 1 is 1.15 bits per heavy atom. The van der Waals surface area contributed by atoms with Crippen LogP contribution in [0.1, 0.15) is 52.4 Å². The number of nitrogens with one attached hydrogen (secondary N) is 2. The Bertz CT molecular complexity index is 1240. The summed E-state index contributed by atoms with van der Waals surface area (Å²) in [4.78, 5) is 20.6. The van der Waals surface area contributed by atoms with Crippen LogP contribution in [-0.2, 0) is 36.8 Å². The Hall–Kier alpha value is -3.12. The predicted molar refractivity (Wildman–Crippen MR) is 127 cm³/mol. The summed E-state index contributed by atoms with van der Waals surface area (Å²) in [6.07, 6.45) is 8.45. The maximum atomic E-state index is 11.6. The van der Waals surface area contributed by atoms with E-state index >= 15 is 0 Å². The lowest BCUT2D eigenvalue weighted by molar-refractivity contribution is 0.136. The van der Waals surface area contributed by atoms with Crippen molar-refractivity contribution < 1.29 is 9.53 Å². The summed E-state index contributed by atoms with van der Waals surface area (Å²) < 4.78 is 5.34. The van der Waals surface area contributed by atoms with Crippen LogP contribution in [0.3, 0.4) is 0 Å². The van der Waals surface area contributed by atoms with E-state index in [9.17, 15) is 4.79 Å². The van der Waals surface area contributed by atoms with E-state index in [1.54, 1.807) is 11.8 Å². The summed E-state index contributed by atoms with van der Waals surface area (Å²) >= 11 is 6.42. The minimum Gasteiger partial charge on any atom is -0.443 e. The first-order valence-electron chi connectivity index (χ1n) is 11.6. The highest BCUT2D eigenvalue weighted by atomic mass is 35.5. The van der Waals surface area contributed by atoms with Gasteiger partial charge in [-0.25, -0.2) is 14.8 Å². The van der Waals surface area contributed by atoms with Gasteiger partial charge in [-0.2, -0.15) is 0 Å². The first-order valence-corrected chi connectivity index (χ1v) is 12.0. The molecule has 2 heterocycles. The van der Waals surface area contributed by atoms with E-state index in [1.165, 1.54) is 36.0 Å². The number of benzene rings is 2. The minimum absolute atomic E-state index is 0.0876. The number of rotatable bonds is 6. The molecule has 7 heteroatoms. The minimum atomic E-state index is -0.347. The zero-order valence-corrected chi connectivity index (χ0v) is 19.0. The fourth-order valence-electron chi connectivity index (χ4n) is 5.41. The van der Waals surface area contributed by atoms with Crippen molar-refractivity contribution in [3.63, 3.8) is 0 Å². The summed E-state index contributed by atoms with van der Waals surface area (Å²) in [5.41, 5.74) is 8.55. The Balaban J connectivity index is 1.14. The molecule has 3 aliphatic rings. The van der Waals surface area contributed by atoms with Gasteiger partial charge >= 0.3 is 6.09 Å². The van der Waals surface area contributed by atoms with Gasteiger partial charge in [-0.3, -0.25) is 0 Å². The summed E-state index contributed by atoms with van der Waals surface area (Å²) in [5.74, 6) is 0.524. The number of hydrogen-bond donors (Lipinski definition) is 2. The number of nitrogens with zero attached hydrogens (tertiary/aromatic N) is 2. The van der Waals surface area contributed by atoms with Crippen molar-refractivity contribution in [2.24, 2.45) is 0 Å². The van der Waals surface area contributed by atoms with E-state index in [0.717, 1.165) is 42.6 Å². The van der Waals surface area contributed by atoms with E-state index < -0.39 is 0 Å². The molecule has 1 amide bonds. The van der Waals surface area contributed by atoms with Crippen molar-refractivity contribution in [2.45, 2.75) is 57.1 Å². The Morgan fingerprint density at radius 2 is 2.09 bits per heavy atom. The number of aromatic nitrogens is 2. The van der Waals surface area contributed by atoms with Crippen molar-refractivity contribution in [3.8, 4) is 0 Å². The van der Waals surface area contributed by atoms with Crippen molar-refractivity contribution in [3.05, 3.63) is 81.1 Å². The molecular weight excluding hydrogens is 436 g/mol. The molecule has 33 heavy (non-hydrogen) atoms. The molecule has 1 aromatic heterocycles. The molecular formula is C26H25ClN4O2. The third-order valence-electron chi connectivity index (χ3n) is 6.98. The average molecular weight is 461 g/mol. The highest BCUT2D eigenvalue weighted by Gasteiger charge is 2.41. The first-order chi connectivity index (χ1) is 16.1. The molecule has 3 aromatic rings. The third kappa shape index (κ3) is 3.93. The zero-order chi connectivity index (χ0) is 22.4. The lowest BCUT2D eigenvalue weighted by atomic mass is 9.98. The molecule has 0 bridgehead atoms.